The number of benzene rings is 1. The first-order valence-electron chi connectivity index (χ1n) is 5.32. The summed E-state index contributed by atoms with van der Waals surface area (Å²) in [5.74, 6) is -0.237. The third-order valence-corrected chi connectivity index (χ3v) is 2.37. The molecule has 1 unspecified atom stereocenters. The number of hydrogen-bond donors (Lipinski definition) is 3. The molecule has 1 aromatic rings. The number of aromatic hydroxyl groups is 2. The van der Waals surface area contributed by atoms with Crippen LogP contribution in [0.5, 0.6) is 11.5 Å². The molecular weight excluding hydrogens is 242 g/mol. The Balaban J connectivity index is 0.00000256. The molecule has 0 spiro atoms. The van der Waals surface area contributed by atoms with Crippen LogP contribution in [-0.4, -0.2) is 29.9 Å². The highest BCUT2D eigenvalue weighted by Crippen LogP contribution is 2.28. The molecule has 0 saturated carbocycles. The Morgan fingerprint density at radius 2 is 1.88 bits per heavy atom. The number of phenolic OH excluding ortho intramolecular Hbond substituents is 2. The maximum Gasteiger partial charge on any atom is 0.157 e. The van der Waals surface area contributed by atoms with Gasteiger partial charge in [-0.2, -0.15) is 0 Å². The summed E-state index contributed by atoms with van der Waals surface area (Å²) in [7, 11) is 1.62. The van der Waals surface area contributed by atoms with Crippen molar-refractivity contribution in [2.75, 3.05) is 13.7 Å². The van der Waals surface area contributed by atoms with Gasteiger partial charge in [-0.05, 0) is 17.7 Å². The van der Waals surface area contributed by atoms with Crippen LogP contribution in [-0.2, 0) is 4.74 Å². The minimum Gasteiger partial charge on any atom is -0.504 e. The number of hydrogen-bond acceptors (Lipinski definition) is 4. The van der Waals surface area contributed by atoms with E-state index in [4.69, 9.17) is 4.74 Å². The predicted molar refractivity (Wildman–Crippen MR) is 69.9 cm³/mol. The second-order valence-corrected chi connectivity index (χ2v) is 4.04. The number of ether oxygens (including phenoxy) is 1. The van der Waals surface area contributed by atoms with Gasteiger partial charge in [0.2, 0.25) is 0 Å². The molecule has 0 aromatic heterocycles. The molecule has 0 aliphatic carbocycles. The fourth-order valence-corrected chi connectivity index (χ4v) is 1.42. The van der Waals surface area contributed by atoms with E-state index >= 15 is 0 Å². The van der Waals surface area contributed by atoms with Gasteiger partial charge in [0.1, 0.15) is 0 Å². The van der Waals surface area contributed by atoms with Crippen LogP contribution in [0.1, 0.15) is 25.5 Å². The second-order valence-electron chi connectivity index (χ2n) is 4.04. The summed E-state index contributed by atoms with van der Waals surface area (Å²) in [5.41, 5.74) is 0.839. The van der Waals surface area contributed by atoms with Crippen molar-refractivity contribution in [3.05, 3.63) is 23.8 Å². The lowest BCUT2D eigenvalue weighted by atomic mass is 10.1. The van der Waals surface area contributed by atoms with E-state index in [9.17, 15) is 10.2 Å². The highest BCUT2D eigenvalue weighted by Gasteiger charge is 2.12. The van der Waals surface area contributed by atoms with E-state index in [1.54, 1.807) is 13.2 Å². The molecule has 0 amide bonds. The molecule has 3 N–H and O–H groups in total. The van der Waals surface area contributed by atoms with Crippen molar-refractivity contribution in [3.63, 3.8) is 0 Å². The van der Waals surface area contributed by atoms with E-state index in [2.05, 4.69) is 19.2 Å². The normalized spacial score (nSPS) is 12.2. The van der Waals surface area contributed by atoms with Crippen molar-refractivity contribution >= 4 is 12.4 Å². The molecule has 0 aliphatic rings. The van der Waals surface area contributed by atoms with Gasteiger partial charge in [-0.1, -0.05) is 19.9 Å². The molecule has 0 heterocycles. The molecule has 5 heteroatoms. The fraction of sp³-hybridized carbons (Fsp3) is 0.500. The topological polar surface area (TPSA) is 61.7 Å². The number of phenols is 2. The minimum atomic E-state index is -0.131. The Morgan fingerprint density at radius 1 is 1.24 bits per heavy atom. The van der Waals surface area contributed by atoms with Crippen molar-refractivity contribution in [3.8, 4) is 11.5 Å². The summed E-state index contributed by atoms with van der Waals surface area (Å²) < 4.78 is 5.33. The lowest BCUT2D eigenvalue weighted by Gasteiger charge is -2.18. The summed E-state index contributed by atoms with van der Waals surface area (Å²) in [6.45, 7) is 4.78. The summed E-state index contributed by atoms with van der Waals surface area (Å²) in [6, 6.07) is 5.10. The molecule has 0 fully saturated rings. The molecular formula is C12H20ClNO3. The molecule has 0 bridgehead atoms. The molecule has 1 aromatic carbocycles. The zero-order valence-corrected chi connectivity index (χ0v) is 11.1. The molecule has 17 heavy (non-hydrogen) atoms. The van der Waals surface area contributed by atoms with Crippen LogP contribution in [0.15, 0.2) is 18.2 Å². The van der Waals surface area contributed by atoms with E-state index in [1.807, 2.05) is 0 Å². The third kappa shape index (κ3) is 4.81. The first-order valence-corrected chi connectivity index (χ1v) is 5.32. The zero-order valence-electron chi connectivity index (χ0n) is 10.3. The largest absolute Gasteiger partial charge is 0.504 e. The lowest BCUT2D eigenvalue weighted by molar-refractivity contribution is 0.100. The van der Waals surface area contributed by atoms with Crippen LogP contribution in [0.4, 0.5) is 0 Å². The molecule has 4 nitrogen and oxygen atoms in total. The van der Waals surface area contributed by atoms with Gasteiger partial charge in [0.05, 0.1) is 6.10 Å². The molecule has 0 radical (unpaired) electrons. The number of nitrogens with one attached hydrogen (secondary N) is 1. The number of halogens is 1. The molecule has 1 atom stereocenters. The van der Waals surface area contributed by atoms with Crippen molar-refractivity contribution < 1.29 is 14.9 Å². The van der Waals surface area contributed by atoms with E-state index in [-0.39, 0.29) is 30.0 Å². The molecule has 0 aliphatic heterocycles. The summed E-state index contributed by atoms with van der Waals surface area (Å²) in [6.07, 6.45) is -0.131. The highest BCUT2D eigenvalue weighted by atomic mass is 35.5. The molecule has 98 valence electrons. The van der Waals surface area contributed by atoms with Gasteiger partial charge in [0, 0.05) is 19.7 Å². The van der Waals surface area contributed by atoms with Gasteiger partial charge in [-0.3, -0.25) is 0 Å². The second kappa shape index (κ2) is 7.37. The lowest BCUT2D eigenvalue weighted by Crippen LogP contribution is -2.28. The van der Waals surface area contributed by atoms with Gasteiger partial charge in [-0.15, -0.1) is 12.4 Å². The first-order chi connectivity index (χ1) is 7.54. The Morgan fingerprint density at radius 3 is 2.35 bits per heavy atom. The molecule has 0 saturated heterocycles. The number of methoxy groups -OCH3 is 1. The maximum absolute atomic E-state index is 9.40. The Kier molecular flexibility index (Phi) is 6.95. The van der Waals surface area contributed by atoms with Crippen LogP contribution >= 0.6 is 12.4 Å². The van der Waals surface area contributed by atoms with E-state index in [0.717, 1.165) is 5.56 Å². The van der Waals surface area contributed by atoms with Crippen molar-refractivity contribution in [2.45, 2.75) is 26.0 Å². The van der Waals surface area contributed by atoms with E-state index < -0.39 is 0 Å². The Bertz CT molecular complexity index is 345. The quantitative estimate of drug-likeness (QED) is 0.711. The average Bonchev–Trinajstić information content (AvgIpc) is 2.23. The Labute approximate surface area is 108 Å². The van der Waals surface area contributed by atoms with Crippen LogP contribution in [0.2, 0.25) is 0 Å². The van der Waals surface area contributed by atoms with Crippen molar-refractivity contribution in [1.82, 2.24) is 5.32 Å². The SMILES string of the molecule is COC(CNC(C)C)c1ccc(O)c(O)c1.Cl. The van der Waals surface area contributed by atoms with E-state index in [1.165, 1.54) is 12.1 Å². The third-order valence-electron chi connectivity index (χ3n) is 2.37. The Hall–Kier alpha value is -0.970. The first kappa shape index (κ1) is 16.0. The van der Waals surface area contributed by atoms with Gasteiger partial charge in [0.25, 0.3) is 0 Å². The van der Waals surface area contributed by atoms with Crippen molar-refractivity contribution in [1.29, 1.82) is 0 Å². The van der Waals surface area contributed by atoms with Gasteiger partial charge in [-0.25, -0.2) is 0 Å². The fourth-order valence-electron chi connectivity index (χ4n) is 1.42. The number of rotatable bonds is 5. The van der Waals surface area contributed by atoms with E-state index in [0.29, 0.717) is 12.6 Å². The molecule has 1 rings (SSSR count). The predicted octanol–water partition coefficient (Wildman–Crippen LogP) is 2.21. The van der Waals surface area contributed by atoms with Crippen LogP contribution < -0.4 is 5.32 Å². The van der Waals surface area contributed by atoms with Gasteiger partial charge >= 0.3 is 0 Å². The van der Waals surface area contributed by atoms with Crippen LogP contribution in [0.3, 0.4) is 0 Å². The maximum atomic E-state index is 9.40. The van der Waals surface area contributed by atoms with Gasteiger partial charge < -0.3 is 20.3 Å². The zero-order chi connectivity index (χ0) is 12.1. The van der Waals surface area contributed by atoms with Crippen LogP contribution in [0, 0.1) is 0 Å². The highest BCUT2D eigenvalue weighted by molar-refractivity contribution is 5.85. The van der Waals surface area contributed by atoms with Crippen molar-refractivity contribution in [2.24, 2.45) is 0 Å². The summed E-state index contributed by atoms with van der Waals surface area (Å²) >= 11 is 0. The summed E-state index contributed by atoms with van der Waals surface area (Å²) in [4.78, 5) is 0. The standard InChI is InChI=1S/C12H19NO3.ClH/c1-8(2)13-7-12(16-3)9-4-5-10(14)11(15)6-9;/h4-6,8,12-15H,7H2,1-3H3;1H. The smallest absolute Gasteiger partial charge is 0.157 e. The minimum absolute atomic E-state index is 0. The monoisotopic (exact) mass is 261 g/mol. The van der Waals surface area contributed by atoms with Gasteiger partial charge in [0.15, 0.2) is 11.5 Å². The summed E-state index contributed by atoms with van der Waals surface area (Å²) in [5, 5.41) is 21.9. The average molecular weight is 262 g/mol. The van der Waals surface area contributed by atoms with Crippen LogP contribution in [0.25, 0.3) is 0 Å².